The quantitative estimate of drug-likeness (QED) is 0.768. The van der Waals surface area contributed by atoms with Gasteiger partial charge in [-0.3, -0.25) is 0 Å². The van der Waals surface area contributed by atoms with E-state index in [1.807, 2.05) is 6.92 Å². The van der Waals surface area contributed by atoms with Crippen LogP contribution >= 0.6 is 0 Å². The number of hydrogen-bond donors (Lipinski definition) is 1. The lowest BCUT2D eigenvalue weighted by atomic mass is 10.0. The minimum absolute atomic E-state index is 0.122. The van der Waals surface area contributed by atoms with Gasteiger partial charge < -0.3 is 14.4 Å². The van der Waals surface area contributed by atoms with Crippen molar-refractivity contribution in [2.45, 2.75) is 38.4 Å². The summed E-state index contributed by atoms with van der Waals surface area (Å²) < 4.78 is 10.5. The molecule has 0 amide bonds. The third-order valence-corrected chi connectivity index (χ3v) is 2.52. The summed E-state index contributed by atoms with van der Waals surface area (Å²) in [6.45, 7) is 4.34. The highest BCUT2D eigenvalue weighted by molar-refractivity contribution is 5.00. The predicted octanol–water partition coefficient (Wildman–Crippen LogP) is 1.02. The first-order valence-electron chi connectivity index (χ1n) is 4.81. The molecule has 0 radical (unpaired) electrons. The molecule has 2 rings (SSSR count). The van der Waals surface area contributed by atoms with E-state index in [1.165, 1.54) is 0 Å². The molecule has 0 saturated carbocycles. The summed E-state index contributed by atoms with van der Waals surface area (Å²) >= 11 is 0. The van der Waals surface area contributed by atoms with Crippen molar-refractivity contribution in [1.82, 2.24) is 10.1 Å². The van der Waals surface area contributed by atoms with Gasteiger partial charge in [0.2, 0.25) is 5.89 Å². The molecule has 5 heteroatoms. The first kappa shape index (κ1) is 9.61. The highest BCUT2D eigenvalue weighted by atomic mass is 16.5. The van der Waals surface area contributed by atoms with Gasteiger partial charge in [0.05, 0.1) is 12.0 Å². The smallest absolute Gasteiger partial charge is 0.232 e. The van der Waals surface area contributed by atoms with Gasteiger partial charge in [-0.15, -0.1) is 0 Å². The van der Waals surface area contributed by atoms with Crippen LogP contribution in [-0.4, -0.2) is 28.0 Å². The SMILES string of the molecule is CC(O)c1noc(C2CCOC2C)n1. The summed E-state index contributed by atoms with van der Waals surface area (Å²) in [7, 11) is 0. The fourth-order valence-electron chi connectivity index (χ4n) is 1.62. The molecule has 5 nitrogen and oxygen atoms in total. The molecule has 78 valence electrons. The lowest BCUT2D eigenvalue weighted by molar-refractivity contribution is 0.113. The lowest BCUT2D eigenvalue weighted by Crippen LogP contribution is -2.09. The van der Waals surface area contributed by atoms with Crippen molar-refractivity contribution in [3.63, 3.8) is 0 Å². The Balaban J connectivity index is 2.16. The van der Waals surface area contributed by atoms with Crippen LogP contribution in [0.1, 0.15) is 44.0 Å². The van der Waals surface area contributed by atoms with Gasteiger partial charge in [0, 0.05) is 6.61 Å². The third kappa shape index (κ3) is 1.65. The molecule has 1 N–H and O–H groups in total. The van der Waals surface area contributed by atoms with Gasteiger partial charge in [0.1, 0.15) is 6.10 Å². The number of nitrogens with zero attached hydrogens (tertiary/aromatic N) is 2. The molecule has 3 atom stereocenters. The Morgan fingerprint density at radius 3 is 2.86 bits per heavy atom. The zero-order valence-corrected chi connectivity index (χ0v) is 8.30. The number of aliphatic hydroxyl groups excluding tert-OH is 1. The van der Waals surface area contributed by atoms with Crippen molar-refractivity contribution in [2.75, 3.05) is 6.61 Å². The van der Waals surface area contributed by atoms with E-state index in [2.05, 4.69) is 10.1 Å². The standard InChI is InChI=1S/C9H14N2O3/c1-5(12)8-10-9(14-11-8)7-3-4-13-6(7)2/h5-7,12H,3-4H2,1-2H3. The van der Waals surface area contributed by atoms with Crippen molar-refractivity contribution < 1.29 is 14.4 Å². The average molecular weight is 198 g/mol. The normalized spacial score (nSPS) is 29.4. The van der Waals surface area contributed by atoms with Crippen molar-refractivity contribution in [2.24, 2.45) is 0 Å². The first-order chi connectivity index (χ1) is 6.68. The van der Waals surface area contributed by atoms with Crippen LogP contribution in [0.2, 0.25) is 0 Å². The van der Waals surface area contributed by atoms with Crippen molar-refractivity contribution in [1.29, 1.82) is 0 Å². The fourth-order valence-corrected chi connectivity index (χ4v) is 1.62. The Morgan fingerprint density at radius 2 is 2.36 bits per heavy atom. The highest BCUT2D eigenvalue weighted by Gasteiger charge is 2.31. The van der Waals surface area contributed by atoms with Crippen LogP contribution in [0.25, 0.3) is 0 Å². The van der Waals surface area contributed by atoms with E-state index in [9.17, 15) is 5.11 Å². The van der Waals surface area contributed by atoms with Gasteiger partial charge in [0.25, 0.3) is 0 Å². The van der Waals surface area contributed by atoms with Crippen molar-refractivity contribution in [3.8, 4) is 0 Å². The van der Waals surface area contributed by atoms with E-state index in [0.29, 0.717) is 11.7 Å². The van der Waals surface area contributed by atoms with E-state index in [0.717, 1.165) is 13.0 Å². The maximum atomic E-state index is 9.23. The number of ether oxygens (including phenoxy) is 1. The maximum absolute atomic E-state index is 9.23. The molecule has 0 aromatic carbocycles. The highest BCUT2D eigenvalue weighted by Crippen LogP contribution is 2.30. The van der Waals surface area contributed by atoms with E-state index in [-0.39, 0.29) is 12.0 Å². The molecular weight excluding hydrogens is 184 g/mol. The molecule has 1 aromatic rings. The summed E-state index contributed by atoms with van der Waals surface area (Å²) in [5, 5.41) is 12.9. The molecule has 1 aliphatic rings. The molecule has 3 unspecified atom stereocenters. The number of aromatic nitrogens is 2. The van der Waals surface area contributed by atoms with Gasteiger partial charge in [-0.05, 0) is 20.3 Å². The summed E-state index contributed by atoms with van der Waals surface area (Å²) in [5.74, 6) is 1.10. The summed E-state index contributed by atoms with van der Waals surface area (Å²) in [5.41, 5.74) is 0. The van der Waals surface area contributed by atoms with E-state index < -0.39 is 6.10 Å². The van der Waals surface area contributed by atoms with E-state index >= 15 is 0 Å². The Kier molecular flexibility index (Phi) is 2.52. The van der Waals surface area contributed by atoms with Crippen LogP contribution < -0.4 is 0 Å². The van der Waals surface area contributed by atoms with E-state index in [4.69, 9.17) is 9.26 Å². The third-order valence-electron chi connectivity index (χ3n) is 2.52. The second-order valence-electron chi connectivity index (χ2n) is 3.64. The van der Waals surface area contributed by atoms with Crippen LogP contribution in [0, 0.1) is 0 Å². The molecule has 1 saturated heterocycles. The lowest BCUT2D eigenvalue weighted by Gasteiger charge is -2.07. The molecule has 0 aliphatic carbocycles. The first-order valence-corrected chi connectivity index (χ1v) is 4.81. The van der Waals surface area contributed by atoms with E-state index in [1.54, 1.807) is 6.92 Å². The summed E-state index contributed by atoms with van der Waals surface area (Å²) in [6.07, 6.45) is 0.352. The Hall–Kier alpha value is -0.940. The van der Waals surface area contributed by atoms with Gasteiger partial charge in [-0.25, -0.2) is 0 Å². The van der Waals surface area contributed by atoms with Gasteiger partial charge in [-0.2, -0.15) is 4.98 Å². The van der Waals surface area contributed by atoms with Crippen LogP contribution in [-0.2, 0) is 4.74 Å². The zero-order valence-electron chi connectivity index (χ0n) is 8.30. The fraction of sp³-hybridized carbons (Fsp3) is 0.778. The molecule has 2 heterocycles. The predicted molar refractivity (Wildman–Crippen MR) is 47.7 cm³/mol. The van der Waals surface area contributed by atoms with Crippen molar-refractivity contribution >= 4 is 0 Å². The molecule has 0 spiro atoms. The number of hydrogen-bond acceptors (Lipinski definition) is 5. The summed E-state index contributed by atoms with van der Waals surface area (Å²) in [6, 6.07) is 0. The van der Waals surface area contributed by atoms with Gasteiger partial charge in [0.15, 0.2) is 5.82 Å². The van der Waals surface area contributed by atoms with Crippen LogP contribution in [0.15, 0.2) is 4.52 Å². The molecule has 0 bridgehead atoms. The van der Waals surface area contributed by atoms with Gasteiger partial charge >= 0.3 is 0 Å². The minimum atomic E-state index is -0.676. The second kappa shape index (κ2) is 3.67. The Morgan fingerprint density at radius 1 is 1.57 bits per heavy atom. The topological polar surface area (TPSA) is 68.4 Å². The van der Waals surface area contributed by atoms with Crippen molar-refractivity contribution in [3.05, 3.63) is 11.7 Å². The maximum Gasteiger partial charge on any atom is 0.232 e. The summed E-state index contributed by atoms with van der Waals surface area (Å²) in [4.78, 5) is 4.13. The Bertz CT molecular complexity index is 311. The van der Waals surface area contributed by atoms with Crippen LogP contribution in [0.5, 0.6) is 0 Å². The van der Waals surface area contributed by atoms with Crippen LogP contribution in [0.4, 0.5) is 0 Å². The molecular formula is C9H14N2O3. The number of aliphatic hydroxyl groups is 1. The molecule has 1 fully saturated rings. The average Bonchev–Trinajstić information content (AvgIpc) is 2.71. The Labute approximate surface area is 82.1 Å². The monoisotopic (exact) mass is 198 g/mol. The molecule has 1 aliphatic heterocycles. The minimum Gasteiger partial charge on any atom is -0.385 e. The van der Waals surface area contributed by atoms with Crippen LogP contribution in [0.3, 0.4) is 0 Å². The van der Waals surface area contributed by atoms with Gasteiger partial charge in [-0.1, -0.05) is 5.16 Å². The zero-order chi connectivity index (χ0) is 10.1. The molecule has 14 heavy (non-hydrogen) atoms. The largest absolute Gasteiger partial charge is 0.385 e. The molecule has 1 aromatic heterocycles. The number of rotatable bonds is 2. The second-order valence-corrected chi connectivity index (χ2v) is 3.64.